The lowest BCUT2D eigenvalue weighted by molar-refractivity contribution is 0.235. The molecule has 0 amide bonds. The molecule has 12 heavy (non-hydrogen) atoms. The average molecular weight is 167 g/mol. The quantitative estimate of drug-likeness (QED) is 0.592. The van der Waals surface area contributed by atoms with Gasteiger partial charge in [-0.2, -0.15) is 10.2 Å². The third-order valence-corrected chi connectivity index (χ3v) is 2.62. The van der Waals surface area contributed by atoms with Crippen LogP contribution in [-0.2, 0) is 0 Å². The summed E-state index contributed by atoms with van der Waals surface area (Å²) in [7, 11) is 0. The highest BCUT2D eigenvalue weighted by Gasteiger charge is 2.43. The van der Waals surface area contributed by atoms with Crippen molar-refractivity contribution in [2.75, 3.05) is 0 Å². The Morgan fingerprint density at radius 2 is 1.75 bits per heavy atom. The molecule has 0 saturated carbocycles. The first kappa shape index (κ1) is 9.39. The van der Waals surface area contributed by atoms with Crippen molar-refractivity contribution in [3.63, 3.8) is 0 Å². The number of rotatable bonds is 0. The Hall–Kier alpha value is -0.700. The Morgan fingerprint density at radius 1 is 1.25 bits per heavy atom. The number of azo groups is 1. The molecule has 2 N–H and O–H groups in total. The lowest BCUT2D eigenvalue weighted by Crippen LogP contribution is -2.49. The Kier molecular flexibility index (Phi) is 1.87. The SMILES string of the molecule is CC1=C(C)C(N)(C(C)(C)C)N=N1. The molecule has 1 rings (SSSR count). The second kappa shape index (κ2) is 2.39. The van der Waals surface area contributed by atoms with Gasteiger partial charge in [0.25, 0.3) is 0 Å². The first-order valence-electron chi connectivity index (χ1n) is 4.19. The molecule has 0 aromatic rings. The van der Waals surface area contributed by atoms with Crippen LogP contribution in [0.15, 0.2) is 21.5 Å². The minimum Gasteiger partial charge on any atom is -0.302 e. The molecule has 1 unspecified atom stereocenters. The summed E-state index contributed by atoms with van der Waals surface area (Å²) in [6.07, 6.45) is 0. The molecule has 0 aromatic heterocycles. The number of hydrogen-bond acceptors (Lipinski definition) is 3. The van der Waals surface area contributed by atoms with Crippen molar-refractivity contribution < 1.29 is 0 Å². The van der Waals surface area contributed by atoms with Gasteiger partial charge in [0.2, 0.25) is 0 Å². The fraction of sp³-hybridized carbons (Fsp3) is 0.778. The van der Waals surface area contributed by atoms with Gasteiger partial charge >= 0.3 is 0 Å². The zero-order chi connectivity index (χ0) is 9.57. The number of nitrogens with zero attached hydrogens (tertiary/aromatic N) is 2. The van der Waals surface area contributed by atoms with Crippen LogP contribution in [0.5, 0.6) is 0 Å². The van der Waals surface area contributed by atoms with Crippen LogP contribution in [0.25, 0.3) is 0 Å². The molecule has 0 spiro atoms. The maximum Gasteiger partial charge on any atom is 0.157 e. The van der Waals surface area contributed by atoms with Gasteiger partial charge in [-0.15, -0.1) is 0 Å². The van der Waals surface area contributed by atoms with Crippen molar-refractivity contribution >= 4 is 0 Å². The average Bonchev–Trinajstić information content (AvgIpc) is 2.16. The van der Waals surface area contributed by atoms with Gasteiger partial charge in [-0.25, -0.2) is 0 Å². The van der Waals surface area contributed by atoms with Crippen LogP contribution in [0.1, 0.15) is 34.6 Å². The van der Waals surface area contributed by atoms with Gasteiger partial charge in [-0.05, 0) is 19.4 Å². The molecule has 68 valence electrons. The summed E-state index contributed by atoms with van der Waals surface area (Å²) >= 11 is 0. The molecule has 0 aliphatic carbocycles. The molecule has 1 aliphatic heterocycles. The van der Waals surface area contributed by atoms with Crippen LogP contribution < -0.4 is 5.73 Å². The predicted octanol–water partition coefficient (Wildman–Crippen LogP) is 2.45. The van der Waals surface area contributed by atoms with Crippen LogP contribution in [0.2, 0.25) is 0 Å². The van der Waals surface area contributed by atoms with E-state index in [-0.39, 0.29) is 5.41 Å². The summed E-state index contributed by atoms with van der Waals surface area (Å²) < 4.78 is 0. The van der Waals surface area contributed by atoms with Crippen LogP contribution in [-0.4, -0.2) is 5.66 Å². The molecular weight excluding hydrogens is 150 g/mol. The Labute approximate surface area is 73.8 Å². The molecule has 0 saturated heterocycles. The molecule has 0 aromatic carbocycles. The lowest BCUT2D eigenvalue weighted by Gasteiger charge is -2.35. The van der Waals surface area contributed by atoms with Crippen LogP contribution in [0.4, 0.5) is 0 Å². The van der Waals surface area contributed by atoms with Crippen molar-refractivity contribution in [1.82, 2.24) is 0 Å². The first-order valence-corrected chi connectivity index (χ1v) is 4.19. The minimum atomic E-state index is -0.600. The lowest BCUT2D eigenvalue weighted by atomic mass is 9.77. The van der Waals surface area contributed by atoms with E-state index in [0.29, 0.717) is 0 Å². The highest BCUT2D eigenvalue weighted by Crippen LogP contribution is 2.40. The van der Waals surface area contributed by atoms with E-state index < -0.39 is 5.66 Å². The van der Waals surface area contributed by atoms with E-state index in [9.17, 15) is 0 Å². The van der Waals surface area contributed by atoms with Crippen molar-refractivity contribution in [1.29, 1.82) is 0 Å². The predicted molar refractivity (Wildman–Crippen MR) is 49.6 cm³/mol. The molecule has 0 fully saturated rings. The summed E-state index contributed by atoms with van der Waals surface area (Å²) in [5.41, 5.74) is 7.51. The Morgan fingerprint density at radius 3 is 1.92 bits per heavy atom. The van der Waals surface area contributed by atoms with Gasteiger partial charge in [-0.1, -0.05) is 20.8 Å². The third-order valence-electron chi connectivity index (χ3n) is 2.62. The fourth-order valence-corrected chi connectivity index (χ4v) is 1.29. The molecule has 3 nitrogen and oxygen atoms in total. The molecule has 1 aliphatic rings. The Balaban J connectivity index is 3.13. The van der Waals surface area contributed by atoms with Gasteiger partial charge in [0.05, 0.1) is 5.70 Å². The van der Waals surface area contributed by atoms with E-state index in [2.05, 4.69) is 31.0 Å². The molecule has 1 heterocycles. The van der Waals surface area contributed by atoms with Crippen LogP contribution in [0.3, 0.4) is 0 Å². The van der Waals surface area contributed by atoms with Crippen molar-refractivity contribution in [3.05, 3.63) is 11.3 Å². The normalized spacial score (nSPS) is 30.2. The molecule has 0 bridgehead atoms. The summed E-state index contributed by atoms with van der Waals surface area (Å²) in [6, 6.07) is 0. The number of hydrogen-bond donors (Lipinski definition) is 1. The van der Waals surface area contributed by atoms with Crippen LogP contribution >= 0.6 is 0 Å². The first-order chi connectivity index (χ1) is 5.29. The van der Waals surface area contributed by atoms with Gasteiger partial charge < -0.3 is 5.73 Å². The highest BCUT2D eigenvalue weighted by atomic mass is 15.3. The van der Waals surface area contributed by atoms with Gasteiger partial charge in [-0.3, -0.25) is 0 Å². The van der Waals surface area contributed by atoms with Crippen molar-refractivity contribution in [3.8, 4) is 0 Å². The second-order valence-corrected chi connectivity index (χ2v) is 4.43. The highest BCUT2D eigenvalue weighted by molar-refractivity contribution is 5.28. The van der Waals surface area contributed by atoms with Gasteiger partial charge in [0.15, 0.2) is 5.66 Å². The largest absolute Gasteiger partial charge is 0.302 e. The third kappa shape index (κ3) is 1.08. The fourth-order valence-electron chi connectivity index (χ4n) is 1.29. The Bertz CT molecular complexity index is 257. The monoisotopic (exact) mass is 167 g/mol. The summed E-state index contributed by atoms with van der Waals surface area (Å²) in [6.45, 7) is 10.2. The molecule has 1 atom stereocenters. The zero-order valence-electron chi connectivity index (χ0n) is 8.47. The van der Waals surface area contributed by atoms with Gasteiger partial charge in [0.1, 0.15) is 0 Å². The minimum absolute atomic E-state index is 0.0711. The van der Waals surface area contributed by atoms with Crippen molar-refractivity contribution in [2.24, 2.45) is 21.4 Å². The molecular formula is C9H17N3. The topological polar surface area (TPSA) is 50.7 Å². The smallest absolute Gasteiger partial charge is 0.157 e. The van der Waals surface area contributed by atoms with E-state index >= 15 is 0 Å². The summed E-state index contributed by atoms with van der Waals surface area (Å²) in [4.78, 5) is 0. The maximum atomic E-state index is 6.15. The summed E-state index contributed by atoms with van der Waals surface area (Å²) in [5, 5.41) is 8.15. The van der Waals surface area contributed by atoms with E-state index in [0.717, 1.165) is 11.3 Å². The van der Waals surface area contributed by atoms with E-state index in [1.807, 2.05) is 13.8 Å². The van der Waals surface area contributed by atoms with Crippen LogP contribution in [0, 0.1) is 5.41 Å². The van der Waals surface area contributed by atoms with E-state index in [1.165, 1.54) is 0 Å². The molecule has 0 radical (unpaired) electrons. The standard InChI is InChI=1S/C9H17N3/c1-6-7(2)11-12-9(6,10)8(3,4)5/h10H2,1-5H3. The van der Waals surface area contributed by atoms with E-state index in [4.69, 9.17) is 5.73 Å². The second-order valence-electron chi connectivity index (χ2n) is 4.43. The number of nitrogens with two attached hydrogens (primary N) is 1. The zero-order valence-corrected chi connectivity index (χ0v) is 8.47. The van der Waals surface area contributed by atoms with Crippen molar-refractivity contribution in [2.45, 2.75) is 40.3 Å². The molecule has 3 heteroatoms. The van der Waals surface area contributed by atoms with E-state index in [1.54, 1.807) is 0 Å². The number of allylic oxidation sites excluding steroid dienone is 1. The summed E-state index contributed by atoms with van der Waals surface area (Å²) in [5.74, 6) is 0. The van der Waals surface area contributed by atoms with Gasteiger partial charge in [0, 0.05) is 5.41 Å². The maximum absolute atomic E-state index is 6.15.